The first-order valence-corrected chi connectivity index (χ1v) is 10.1. The number of anilines is 1. The van der Waals surface area contributed by atoms with E-state index in [1.165, 1.54) is 5.56 Å². The highest BCUT2D eigenvalue weighted by molar-refractivity contribution is 7.80. The van der Waals surface area contributed by atoms with Gasteiger partial charge in [-0.15, -0.1) is 6.58 Å². The molecule has 28 heavy (non-hydrogen) atoms. The van der Waals surface area contributed by atoms with Crippen molar-refractivity contribution < 1.29 is 15.0 Å². The molecule has 0 aromatic heterocycles. The predicted molar refractivity (Wildman–Crippen MR) is 114 cm³/mol. The predicted octanol–water partition coefficient (Wildman–Crippen LogP) is 1.63. The summed E-state index contributed by atoms with van der Waals surface area (Å²) in [4.78, 5) is 16.6. The van der Waals surface area contributed by atoms with E-state index < -0.39 is 24.2 Å². The summed E-state index contributed by atoms with van der Waals surface area (Å²) >= 11 is 5.55. The van der Waals surface area contributed by atoms with Crippen LogP contribution in [0.15, 0.2) is 36.9 Å². The molecule has 1 amide bonds. The zero-order chi connectivity index (χ0) is 20.6. The van der Waals surface area contributed by atoms with Gasteiger partial charge in [0.25, 0.3) is 0 Å². The van der Waals surface area contributed by atoms with Crippen LogP contribution in [0.3, 0.4) is 0 Å². The van der Waals surface area contributed by atoms with E-state index in [0.717, 1.165) is 5.69 Å². The fraction of sp³-hybridized carbons (Fsp3) is 0.524. The van der Waals surface area contributed by atoms with E-state index in [0.29, 0.717) is 17.6 Å². The minimum atomic E-state index is -0.989. The second-order valence-corrected chi connectivity index (χ2v) is 8.38. The molecule has 5 atom stereocenters. The van der Waals surface area contributed by atoms with Crippen molar-refractivity contribution in [1.29, 1.82) is 0 Å². The highest BCUT2D eigenvalue weighted by Crippen LogP contribution is 2.37. The maximum Gasteiger partial charge on any atom is 0.227 e. The summed E-state index contributed by atoms with van der Waals surface area (Å²) < 4.78 is 0. The number of thiocarbonyl (C=S) groups is 1. The number of rotatable bonds is 5. The second-order valence-electron chi connectivity index (χ2n) is 7.99. The molecule has 152 valence electrons. The summed E-state index contributed by atoms with van der Waals surface area (Å²) in [6.07, 6.45) is -0.112. The number of amides is 1. The summed E-state index contributed by atoms with van der Waals surface area (Å²) in [5.74, 6) is -0.166. The fourth-order valence-corrected chi connectivity index (χ4v) is 4.58. The topological polar surface area (TPSA) is 76.0 Å². The largest absolute Gasteiger partial charge is 0.390 e. The number of hydrogen-bond donors (Lipinski definition) is 3. The maximum absolute atomic E-state index is 13.1. The molecule has 1 saturated carbocycles. The van der Waals surface area contributed by atoms with Crippen molar-refractivity contribution in [2.24, 2.45) is 5.92 Å². The minimum absolute atomic E-state index is 0.0869. The van der Waals surface area contributed by atoms with Crippen LogP contribution in [0.25, 0.3) is 0 Å². The Kier molecular flexibility index (Phi) is 6.07. The van der Waals surface area contributed by atoms with Gasteiger partial charge in [0.05, 0.1) is 24.1 Å². The van der Waals surface area contributed by atoms with Crippen LogP contribution in [0.2, 0.25) is 0 Å². The third-order valence-electron chi connectivity index (χ3n) is 5.78. The Labute approximate surface area is 171 Å². The average Bonchev–Trinajstić information content (AvgIpc) is 3.01. The molecule has 0 spiro atoms. The van der Waals surface area contributed by atoms with Crippen LogP contribution in [0.1, 0.15) is 31.7 Å². The van der Waals surface area contributed by atoms with Gasteiger partial charge >= 0.3 is 0 Å². The zero-order valence-corrected chi connectivity index (χ0v) is 17.4. The number of carbonyl (C=O) groups is 1. The number of aliphatic hydroxyl groups is 2. The van der Waals surface area contributed by atoms with Crippen LogP contribution in [-0.2, 0) is 4.79 Å². The number of aliphatic hydroxyl groups excluding tert-OH is 2. The second kappa shape index (κ2) is 8.19. The lowest BCUT2D eigenvalue weighted by Crippen LogP contribution is -2.61. The molecule has 1 saturated heterocycles. The number of fused-ring (bicyclic) bond motifs is 1. The molecule has 2 aliphatic rings. The van der Waals surface area contributed by atoms with Gasteiger partial charge in [-0.25, -0.2) is 0 Å². The lowest BCUT2D eigenvalue weighted by molar-refractivity contribution is -0.139. The van der Waals surface area contributed by atoms with E-state index in [2.05, 4.69) is 37.9 Å². The molecule has 6 nitrogen and oxygen atoms in total. The Hall–Kier alpha value is -1.96. The molecule has 1 heterocycles. The first kappa shape index (κ1) is 20.8. The summed E-state index contributed by atoms with van der Waals surface area (Å²) in [6, 6.07) is 7.24. The Morgan fingerprint density at radius 3 is 2.61 bits per heavy atom. The molecule has 7 heteroatoms. The normalized spacial score (nSPS) is 29.4. The van der Waals surface area contributed by atoms with Crippen LogP contribution in [0.4, 0.5) is 5.69 Å². The molecule has 1 aromatic carbocycles. The lowest BCUT2D eigenvalue weighted by atomic mass is 9.77. The Morgan fingerprint density at radius 2 is 2.04 bits per heavy atom. The van der Waals surface area contributed by atoms with Gasteiger partial charge in [0.15, 0.2) is 5.11 Å². The molecule has 0 unspecified atom stereocenters. The van der Waals surface area contributed by atoms with Crippen LogP contribution in [0.5, 0.6) is 0 Å². The smallest absolute Gasteiger partial charge is 0.227 e. The first-order chi connectivity index (χ1) is 13.3. The minimum Gasteiger partial charge on any atom is -0.390 e. The molecule has 3 rings (SSSR count). The molecule has 1 aliphatic carbocycles. The number of benzene rings is 1. The molecule has 3 N–H and O–H groups in total. The van der Waals surface area contributed by atoms with E-state index in [1.54, 1.807) is 18.0 Å². The van der Waals surface area contributed by atoms with Gasteiger partial charge in [-0.2, -0.15) is 0 Å². The number of carbonyl (C=O) groups excluding carboxylic acids is 1. The quantitative estimate of drug-likeness (QED) is 0.513. The standard InChI is InChI=1S/C21H29N3O3S/c1-5-10-23(4)20(27)15-11-16(25)19(26)17-18(15)24(21(28)22-17)14-8-6-13(7-9-14)12(2)3/h5-9,12,15-19,25-26H,1,10-11H2,2-4H3,(H,22,28)/t15-,16-,17-,18-,19+/m1/s1. The van der Waals surface area contributed by atoms with Gasteiger partial charge in [0.2, 0.25) is 5.91 Å². The van der Waals surface area contributed by atoms with Crippen LogP contribution < -0.4 is 10.2 Å². The first-order valence-electron chi connectivity index (χ1n) is 9.68. The third-order valence-corrected chi connectivity index (χ3v) is 6.09. The van der Waals surface area contributed by atoms with Crippen molar-refractivity contribution in [3.8, 4) is 0 Å². The van der Waals surface area contributed by atoms with Crippen molar-refractivity contribution in [2.45, 2.75) is 50.5 Å². The van der Waals surface area contributed by atoms with Gasteiger partial charge in [-0.1, -0.05) is 32.1 Å². The summed E-state index contributed by atoms with van der Waals surface area (Å²) in [5.41, 5.74) is 2.10. The fourth-order valence-electron chi connectivity index (χ4n) is 4.21. The third kappa shape index (κ3) is 3.66. The van der Waals surface area contributed by atoms with Gasteiger partial charge in [0.1, 0.15) is 6.10 Å². The van der Waals surface area contributed by atoms with Crippen molar-refractivity contribution in [2.75, 3.05) is 18.5 Å². The highest BCUT2D eigenvalue weighted by Gasteiger charge is 2.54. The number of nitrogens with one attached hydrogen (secondary N) is 1. The summed E-state index contributed by atoms with van der Waals surface area (Å²) in [5, 5.41) is 24.5. The van der Waals surface area contributed by atoms with E-state index >= 15 is 0 Å². The van der Waals surface area contributed by atoms with Crippen molar-refractivity contribution in [3.63, 3.8) is 0 Å². The van der Waals surface area contributed by atoms with Crippen LogP contribution >= 0.6 is 12.2 Å². The SMILES string of the molecule is C=CCN(C)C(=O)[C@@H]1C[C@@H](O)[C@H](O)[C@@H]2NC(=S)N(c3ccc(C(C)C)cc3)[C@@H]21. The van der Waals surface area contributed by atoms with Gasteiger partial charge in [-0.05, 0) is 42.3 Å². The Balaban J connectivity index is 1.97. The van der Waals surface area contributed by atoms with Crippen molar-refractivity contribution in [1.82, 2.24) is 10.2 Å². The molecule has 2 fully saturated rings. The summed E-state index contributed by atoms with van der Waals surface area (Å²) in [6.45, 7) is 8.38. The van der Waals surface area contributed by atoms with E-state index in [-0.39, 0.29) is 18.4 Å². The van der Waals surface area contributed by atoms with Gasteiger partial charge in [0, 0.05) is 19.3 Å². The Morgan fingerprint density at radius 1 is 1.39 bits per heavy atom. The summed E-state index contributed by atoms with van der Waals surface area (Å²) in [7, 11) is 1.72. The van der Waals surface area contributed by atoms with E-state index in [4.69, 9.17) is 12.2 Å². The number of hydrogen-bond acceptors (Lipinski definition) is 4. The monoisotopic (exact) mass is 403 g/mol. The average molecular weight is 404 g/mol. The molecule has 1 aromatic rings. The van der Waals surface area contributed by atoms with E-state index in [9.17, 15) is 15.0 Å². The number of nitrogens with zero attached hydrogens (tertiary/aromatic N) is 2. The zero-order valence-electron chi connectivity index (χ0n) is 16.6. The molecular weight excluding hydrogens is 374 g/mol. The van der Waals surface area contributed by atoms with Crippen LogP contribution in [-0.4, -0.2) is 64.0 Å². The van der Waals surface area contributed by atoms with Crippen molar-refractivity contribution in [3.05, 3.63) is 42.5 Å². The maximum atomic E-state index is 13.1. The van der Waals surface area contributed by atoms with E-state index in [1.807, 2.05) is 17.0 Å². The highest BCUT2D eigenvalue weighted by atomic mass is 32.1. The molecule has 0 radical (unpaired) electrons. The Bertz CT molecular complexity index is 752. The molecule has 1 aliphatic heterocycles. The van der Waals surface area contributed by atoms with Gasteiger partial charge < -0.3 is 25.3 Å². The van der Waals surface area contributed by atoms with Gasteiger partial charge in [-0.3, -0.25) is 4.79 Å². The van der Waals surface area contributed by atoms with Crippen molar-refractivity contribution >= 4 is 28.9 Å². The number of likely N-dealkylation sites (N-methyl/N-ethyl adjacent to an activating group) is 1. The lowest BCUT2D eigenvalue weighted by Gasteiger charge is -2.42. The molecular formula is C21H29N3O3S. The van der Waals surface area contributed by atoms with Crippen LogP contribution in [0, 0.1) is 5.92 Å². The molecule has 0 bridgehead atoms.